The summed E-state index contributed by atoms with van der Waals surface area (Å²) in [6, 6.07) is 18.7. The Morgan fingerprint density at radius 3 is 1.59 bits per heavy atom. The van der Waals surface area contributed by atoms with E-state index in [1.165, 1.54) is 11.2 Å². The van der Waals surface area contributed by atoms with Crippen molar-refractivity contribution in [2.45, 2.75) is 16.3 Å². The van der Waals surface area contributed by atoms with Crippen molar-refractivity contribution in [3.63, 3.8) is 0 Å². The van der Waals surface area contributed by atoms with E-state index in [2.05, 4.69) is 0 Å². The maximum absolute atomic E-state index is 13.6. The lowest BCUT2D eigenvalue weighted by atomic mass is 9.54. The first-order valence-electron chi connectivity index (χ1n) is 9.44. The number of rotatable bonds is 2. The third-order valence-corrected chi connectivity index (χ3v) is 7.86. The molecular formula is C23H15Cl2NO3. The number of hydrogen-bond donors (Lipinski definition) is 0. The molecule has 4 nitrogen and oxygen atoms in total. The minimum Gasteiger partial charge on any atom is -0.467 e. The lowest BCUT2D eigenvalue weighted by Gasteiger charge is -2.54. The second kappa shape index (κ2) is 5.53. The van der Waals surface area contributed by atoms with Gasteiger partial charge in [0, 0.05) is 0 Å². The van der Waals surface area contributed by atoms with Crippen molar-refractivity contribution in [2.24, 2.45) is 11.8 Å². The molecule has 0 radical (unpaired) electrons. The molecule has 2 amide bonds. The summed E-state index contributed by atoms with van der Waals surface area (Å²) in [5.74, 6) is -1.61. The zero-order valence-corrected chi connectivity index (χ0v) is 16.7. The third-order valence-electron chi connectivity index (χ3n) is 6.57. The molecule has 1 aromatic heterocycles. The number of carbonyl (C=O) groups is 2. The van der Waals surface area contributed by atoms with Crippen molar-refractivity contribution in [3.8, 4) is 0 Å². The third kappa shape index (κ3) is 1.87. The number of carbonyl (C=O) groups excluding carboxylic acids is 2. The van der Waals surface area contributed by atoms with Gasteiger partial charge in [0.1, 0.15) is 15.5 Å². The topological polar surface area (TPSA) is 50.5 Å². The van der Waals surface area contributed by atoms with Crippen molar-refractivity contribution in [1.29, 1.82) is 0 Å². The maximum Gasteiger partial charge on any atom is 0.236 e. The highest BCUT2D eigenvalue weighted by Gasteiger charge is 2.73. The smallest absolute Gasteiger partial charge is 0.236 e. The number of amides is 2. The van der Waals surface area contributed by atoms with Crippen molar-refractivity contribution >= 4 is 35.0 Å². The molecule has 2 aromatic carbocycles. The molecule has 7 rings (SSSR count). The Kier molecular flexibility index (Phi) is 3.30. The maximum atomic E-state index is 13.6. The van der Waals surface area contributed by atoms with Gasteiger partial charge in [0.2, 0.25) is 11.8 Å². The van der Waals surface area contributed by atoms with E-state index in [0.717, 1.165) is 22.3 Å². The van der Waals surface area contributed by atoms with Crippen LogP contribution in [-0.4, -0.2) is 16.7 Å². The Labute approximate surface area is 177 Å². The Morgan fingerprint density at radius 2 is 1.21 bits per heavy atom. The van der Waals surface area contributed by atoms with Crippen LogP contribution in [0.5, 0.6) is 0 Å². The molecule has 3 aliphatic carbocycles. The predicted molar refractivity (Wildman–Crippen MR) is 107 cm³/mol. The summed E-state index contributed by atoms with van der Waals surface area (Å²) >= 11 is 14.7. The molecule has 29 heavy (non-hydrogen) atoms. The molecule has 0 spiro atoms. The van der Waals surface area contributed by atoms with Crippen molar-refractivity contribution < 1.29 is 14.0 Å². The van der Waals surface area contributed by atoms with Gasteiger partial charge in [-0.3, -0.25) is 14.5 Å². The van der Waals surface area contributed by atoms with Gasteiger partial charge in [-0.2, -0.15) is 0 Å². The highest BCUT2D eigenvalue weighted by molar-refractivity contribution is 6.35. The molecule has 1 fully saturated rings. The fourth-order valence-electron chi connectivity index (χ4n) is 5.44. The first kappa shape index (κ1) is 17.3. The van der Waals surface area contributed by atoms with Gasteiger partial charge in [-0.1, -0.05) is 48.5 Å². The Balaban J connectivity index is 1.62. The highest BCUT2D eigenvalue weighted by atomic mass is 35.5. The molecule has 1 saturated heterocycles. The van der Waals surface area contributed by atoms with Gasteiger partial charge in [0.15, 0.2) is 0 Å². The number of furan rings is 1. The first-order chi connectivity index (χ1) is 14.0. The molecule has 4 aliphatic rings. The van der Waals surface area contributed by atoms with Crippen LogP contribution >= 0.6 is 23.2 Å². The van der Waals surface area contributed by atoms with Crippen LogP contribution in [0.2, 0.25) is 0 Å². The lowest BCUT2D eigenvalue weighted by molar-refractivity contribution is -0.141. The Bertz CT molecular complexity index is 1060. The molecule has 144 valence electrons. The lowest BCUT2D eigenvalue weighted by Crippen LogP contribution is -2.57. The normalized spacial score (nSPS) is 31.6. The second-order valence-corrected chi connectivity index (χ2v) is 9.00. The standard InChI is InChI=1S/C23H15Cl2NO3/c24-22-14-7-1-2-8-15(14)23(25,17-10-4-3-9-16(17)22)19-18(22)20(27)26(21(19)28)12-13-6-5-11-29-13/h1-11,18-19H,12H2/t18-,19-,22?,23?/m1/s1. The average molecular weight is 424 g/mol. The van der Waals surface area contributed by atoms with E-state index in [9.17, 15) is 9.59 Å². The summed E-state index contributed by atoms with van der Waals surface area (Å²) in [5, 5.41) is 0. The number of halogens is 2. The molecule has 2 bridgehead atoms. The summed E-state index contributed by atoms with van der Waals surface area (Å²) < 4.78 is 5.38. The van der Waals surface area contributed by atoms with Crippen LogP contribution in [0.3, 0.4) is 0 Å². The first-order valence-corrected chi connectivity index (χ1v) is 10.2. The molecular weight excluding hydrogens is 409 g/mol. The monoisotopic (exact) mass is 423 g/mol. The molecule has 0 saturated carbocycles. The van der Waals surface area contributed by atoms with E-state index in [-0.39, 0.29) is 18.4 Å². The molecule has 2 heterocycles. The van der Waals surface area contributed by atoms with Gasteiger partial charge in [0.05, 0.1) is 24.6 Å². The molecule has 1 aliphatic heterocycles. The number of benzene rings is 2. The summed E-state index contributed by atoms with van der Waals surface area (Å²) in [5.41, 5.74) is 3.21. The Hall–Kier alpha value is -2.56. The molecule has 0 unspecified atom stereocenters. The van der Waals surface area contributed by atoms with Gasteiger partial charge >= 0.3 is 0 Å². The predicted octanol–water partition coefficient (Wildman–Crippen LogP) is 4.37. The summed E-state index contributed by atoms with van der Waals surface area (Å²) in [7, 11) is 0. The quantitative estimate of drug-likeness (QED) is 0.454. The van der Waals surface area contributed by atoms with E-state index in [1.54, 1.807) is 12.1 Å². The zero-order chi connectivity index (χ0) is 20.0. The average Bonchev–Trinajstić information content (AvgIpc) is 3.34. The van der Waals surface area contributed by atoms with Crippen molar-refractivity contribution in [1.82, 2.24) is 4.90 Å². The minimum atomic E-state index is -1.14. The van der Waals surface area contributed by atoms with Crippen molar-refractivity contribution in [3.05, 3.63) is 94.9 Å². The molecule has 2 atom stereocenters. The van der Waals surface area contributed by atoms with Gasteiger partial charge < -0.3 is 4.42 Å². The van der Waals surface area contributed by atoms with Crippen LogP contribution in [0.4, 0.5) is 0 Å². The number of likely N-dealkylation sites (tertiary alicyclic amines) is 1. The van der Waals surface area contributed by atoms with E-state index < -0.39 is 21.6 Å². The zero-order valence-electron chi connectivity index (χ0n) is 15.1. The molecule has 3 aromatic rings. The number of hydrogen-bond acceptors (Lipinski definition) is 3. The van der Waals surface area contributed by atoms with Crippen LogP contribution in [0.25, 0.3) is 0 Å². The molecule has 6 heteroatoms. The van der Waals surface area contributed by atoms with Gasteiger partial charge in [-0.15, -0.1) is 23.2 Å². The van der Waals surface area contributed by atoms with Gasteiger partial charge in [0.25, 0.3) is 0 Å². The van der Waals surface area contributed by atoms with E-state index in [4.69, 9.17) is 27.6 Å². The fourth-order valence-corrected chi connectivity index (χ4v) is 6.54. The largest absolute Gasteiger partial charge is 0.467 e. The minimum absolute atomic E-state index is 0.0737. The number of alkyl halides is 2. The van der Waals surface area contributed by atoms with Gasteiger partial charge in [-0.25, -0.2) is 0 Å². The highest BCUT2D eigenvalue weighted by Crippen LogP contribution is 2.69. The molecule has 0 N–H and O–H groups in total. The summed E-state index contributed by atoms with van der Waals surface area (Å²) in [6.45, 7) is 0.0737. The van der Waals surface area contributed by atoms with Crippen LogP contribution < -0.4 is 0 Å². The second-order valence-electron chi connectivity index (χ2n) is 7.81. The number of nitrogens with zero attached hydrogens (tertiary/aromatic N) is 1. The summed E-state index contributed by atoms with van der Waals surface area (Å²) in [6.07, 6.45) is 1.52. The van der Waals surface area contributed by atoms with Crippen LogP contribution in [-0.2, 0) is 25.9 Å². The van der Waals surface area contributed by atoms with Crippen molar-refractivity contribution in [2.75, 3.05) is 0 Å². The van der Waals surface area contributed by atoms with Crippen LogP contribution in [0.15, 0.2) is 71.3 Å². The fraction of sp³-hybridized carbons (Fsp3) is 0.217. The van der Waals surface area contributed by atoms with Crippen LogP contribution in [0.1, 0.15) is 28.0 Å². The Morgan fingerprint density at radius 1 is 0.759 bits per heavy atom. The SMILES string of the molecule is O=C1[C@H]2[C@H](C(=O)N1Cc1ccco1)C1(Cl)c3ccccc3C2(Cl)c2ccccc21. The summed E-state index contributed by atoms with van der Waals surface area (Å²) in [4.78, 5) is 26.1. The number of imide groups is 1. The van der Waals surface area contributed by atoms with E-state index in [1.807, 2.05) is 48.5 Å². The van der Waals surface area contributed by atoms with E-state index >= 15 is 0 Å². The van der Waals surface area contributed by atoms with Gasteiger partial charge in [-0.05, 0) is 34.4 Å². The van der Waals surface area contributed by atoms with E-state index in [0.29, 0.717) is 5.76 Å². The van der Waals surface area contributed by atoms with Crippen LogP contribution in [0, 0.1) is 11.8 Å².